The predicted octanol–water partition coefficient (Wildman–Crippen LogP) is 2.96. The summed E-state index contributed by atoms with van der Waals surface area (Å²) in [7, 11) is 0. The lowest BCUT2D eigenvalue weighted by atomic mass is 10.1. The number of halogens is 1. The van der Waals surface area contributed by atoms with Gasteiger partial charge in [0.05, 0.1) is 6.42 Å². The van der Waals surface area contributed by atoms with E-state index in [-0.39, 0.29) is 5.91 Å². The lowest BCUT2D eigenvalue weighted by Crippen LogP contribution is -2.48. The summed E-state index contributed by atoms with van der Waals surface area (Å²) in [5, 5.41) is 0.670. The fourth-order valence-electron chi connectivity index (χ4n) is 3.39. The van der Waals surface area contributed by atoms with Crippen LogP contribution in [0.2, 0.25) is 5.02 Å². The molecular weight excluding hydrogens is 352 g/mol. The van der Waals surface area contributed by atoms with E-state index in [1.165, 1.54) is 5.56 Å². The fourth-order valence-corrected chi connectivity index (χ4v) is 3.60. The number of carbonyl (C=O) groups is 1. The van der Waals surface area contributed by atoms with Crippen molar-refractivity contribution in [3.05, 3.63) is 58.6 Å². The first-order chi connectivity index (χ1) is 12.7. The molecule has 2 aromatic carbocycles. The Labute approximate surface area is 158 Å². The summed E-state index contributed by atoms with van der Waals surface area (Å²) >= 11 is 6.00. The van der Waals surface area contributed by atoms with Crippen LogP contribution in [0, 0.1) is 0 Å². The van der Waals surface area contributed by atoms with Crippen LogP contribution in [0.3, 0.4) is 0 Å². The van der Waals surface area contributed by atoms with Gasteiger partial charge < -0.3 is 14.4 Å². The van der Waals surface area contributed by atoms with Crippen molar-refractivity contribution in [1.29, 1.82) is 0 Å². The van der Waals surface area contributed by atoms with Crippen LogP contribution in [0.4, 0.5) is 0 Å². The maximum Gasteiger partial charge on any atom is 0.231 e. The molecule has 1 fully saturated rings. The molecule has 136 valence electrons. The van der Waals surface area contributed by atoms with Gasteiger partial charge in [0.15, 0.2) is 11.5 Å². The predicted molar refractivity (Wildman–Crippen MR) is 99.6 cm³/mol. The van der Waals surface area contributed by atoms with Crippen molar-refractivity contribution < 1.29 is 14.3 Å². The maximum atomic E-state index is 12.5. The zero-order valence-electron chi connectivity index (χ0n) is 14.5. The van der Waals surface area contributed by atoms with Crippen LogP contribution in [-0.2, 0) is 17.8 Å². The summed E-state index contributed by atoms with van der Waals surface area (Å²) < 4.78 is 10.8. The van der Waals surface area contributed by atoms with E-state index in [4.69, 9.17) is 21.1 Å². The molecule has 26 heavy (non-hydrogen) atoms. The molecule has 2 aliphatic heterocycles. The number of ether oxygens (including phenoxy) is 2. The number of rotatable bonds is 4. The average Bonchev–Trinajstić information content (AvgIpc) is 3.10. The summed E-state index contributed by atoms with van der Waals surface area (Å²) in [5.74, 6) is 1.79. The topological polar surface area (TPSA) is 42.0 Å². The van der Waals surface area contributed by atoms with Crippen molar-refractivity contribution in [2.24, 2.45) is 0 Å². The number of amides is 1. The summed E-state index contributed by atoms with van der Waals surface area (Å²) in [6.07, 6.45) is 0.405. The third kappa shape index (κ3) is 3.94. The first-order valence-electron chi connectivity index (χ1n) is 8.80. The molecule has 2 aliphatic rings. The number of nitrogens with zero attached hydrogens (tertiary/aromatic N) is 2. The van der Waals surface area contributed by atoms with Gasteiger partial charge >= 0.3 is 0 Å². The molecule has 0 bridgehead atoms. The van der Waals surface area contributed by atoms with Gasteiger partial charge in [0.1, 0.15) is 0 Å². The standard InChI is InChI=1S/C20H21ClN2O3/c21-17-3-1-2-15(10-17)12-20(24)23-8-6-22(7-9-23)13-16-4-5-18-19(11-16)26-14-25-18/h1-5,10-11H,6-9,12-14H2. The van der Waals surface area contributed by atoms with Gasteiger partial charge in [0, 0.05) is 37.7 Å². The highest BCUT2D eigenvalue weighted by atomic mass is 35.5. The quantitative estimate of drug-likeness (QED) is 0.827. The van der Waals surface area contributed by atoms with Gasteiger partial charge in [-0.25, -0.2) is 0 Å². The van der Waals surface area contributed by atoms with Crippen LogP contribution in [0.5, 0.6) is 11.5 Å². The third-order valence-electron chi connectivity index (χ3n) is 4.81. The highest BCUT2D eigenvalue weighted by molar-refractivity contribution is 6.30. The zero-order valence-corrected chi connectivity index (χ0v) is 15.2. The minimum Gasteiger partial charge on any atom is -0.454 e. The molecule has 0 aromatic heterocycles. The van der Waals surface area contributed by atoms with Crippen molar-refractivity contribution in [3.63, 3.8) is 0 Å². The average molecular weight is 373 g/mol. The molecule has 1 saturated heterocycles. The van der Waals surface area contributed by atoms with Crippen molar-refractivity contribution in [1.82, 2.24) is 9.80 Å². The Morgan fingerprint density at radius 2 is 1.77 bits per heavy atom. The number of fused-ring (bicyclic) bond motifs is 1. The molecule has 0 aliphatic carbocycles. The summed E-state index contributed by atoms with van der Waals surface area (Å²) in [5.41, 5.74) is 2.17. The van der Waals surface area contributed by atoms with Gasteiger partial charge in [-0.2, -0.15) is 0 Å². The normalized spacial score (nSPS) is 16.7. The largest absolute Gasteiger partial charge is 0.454 e. The van der Waals surface area contributed by atoms with Gasteiger partial charge in [-0.3, -0.25) is 9.69 Å². The highest BCUT2D eigenvalue weighted by Crippen LogP contribution is 2.32. The van der Waals surface area contributed by atoms with Crippen molar-refractivity contribution in [3.8, 4) is 11.5 Å². The fraction of sp³-hybridized carbons (Fsp3) is 0.350. The van der Waals surface area contributed by atoms with Crippen molar-refractivity contribution in [2.75, 3.05) is 33.0 Å². The van der Waals surface area contributed by atoms with Gasteiger partial charge in [0.2, 0.25) is 12.7 Å². The Morgan fingerprint density at radius 3 is 2.58 bits per heavy atom. The zero-order chi connectivity index (χ0) is 17.9. The lowest BCUT2D eigenvalue weighted by molar-refractivity contribution is -0.132. The van der Waals surface area contributed by atoms with Crippen molar-refractivity contribution in [2.45, 2.75) is 13.0 Å². The first kappa shape index (κ1) is 17.2. The minimum absolute atomic E-state index is 0.162. The van der Waals surface area contributed by atoms with E-state index in [2.05, 4.69) is 11.0 Å². The summed E-state index contributed by atoms with van der Waals surface area (Å²) in [4.78, 5) is 16.8. The second-order valence-corrected chi connectivity index (χ2v) is 7.09. The van der Waals surface area contributed by atoms with Crippen LogP contribution in [-0.4, -0.2) is 48.7 Å². The van der Waals surface area contributed by atoms with E-state index < -0.39 is 0 Å². The molecule has 0 N–H and O–H groups in total. The first-order valence-corrected chi connectivity index (χ1v) is 9.18. The van der Waals surface area contributed by atoms with E-state index >= 15 is 0 Å². The Morgan fingerprint density at radius 1 is 0.962 bits per heavy atom. The third-order valence-corrected chi connectivity index (χ3v) is 5.05. The van der Waals surface area contributed by atoms with Crippen LogP contribution in [0.15, 0.2) is 42.5 Å². The molecule has 0 unspecified atom stereocenters. The Kier molecular flexibility index (Phi) is 5.00. The molecule has 4 rings (SSSR count). The van der Waals surface area contributed by atoms with E-state index in [1.807, 2.05) is 41.3 Å². The molecule has 6 heteroatoms. The number of piperazine rings is 1. The lowest BCUT2D eigenvalue weighted by Gasteiger charge is -2.35. The summed E-state index contributed by atoms with van der Waals surface area (Å²) in [6, 6.07) is 13.6. The molecule has 2 aromatic rings. The van der Waals surface area contributed by atoms with Crippen LogP contribution in [0.1, 0.15) is 11.1 Å². The molecule has 0 atom stereocenters. The van der Waals surface area contributed by atoms with Crippen LogP contribution >= 0.6 is 11.6 Å². The maximum absolute atomic E-state index is 12.5. The van der Waals surface area contributed by atoms with Gasteiger partial charge in [-0.1, -0.05) is 29.8 Å². The van der Waals surface area contributed by atoms with E-state index in [9.17, 15) is 4.79 Å². The molecular formula is C20H21ClN2O3. The molecule has 5 nitrogen and oxygen atoms in total. The number of hydrogen-bond acceptors (Lipinski definition) is 4. The van der Waals surface area contributed by atoms with Crippen LogP contribution in [0.25, 0.3) is 0 Å². The Hall–Kier alpha value is -2.24. The number of carbonyl (C=O) groups excluding carboxylic acids is 1. The monoisotopic (exact) mass is 372 g/mol. The Bertz CT molecular complexity index is 803. The van der Waals surface area contributed by atoms with E-state index in [0.717, 1.165) is 49.8 Å². The second-order valence-electron chi connectivity index (χ2n) is 6.65. The van der Waals surface area contributed by atoms with E-state index in [1.54, 1.807) is 0 Å². The molecule has 0 spiro atoms. The van der Waals surface area contributed by atoms with Gasteiger partial charge in [-0.05, 0) is 35.4 Å². The molecule has 0 saturated carbocycles. The SMILES string of the molecule is O=C(Cc1cccc(Cl)c1)N1CCN(Cc2ccc3c(c2)OCO3)CC1. The molecule has 1 amide bonds. The van der Waals surface area contributed by atoms with Gasteiger partial charge in [-0.15, -0.1) is 0 Å². The summed E-state index contributed by atoms with van der Waals surface area (Å²) in [6.45, 7) is 4.40. The smallest absolute Gasteiger partial charge is 0.231 e. The van der Waals surface area contributed by atoms with Crippen molar-refractivity contribution >= 4 is 17.5 Å². The van der Waals surface area contributed by atoms with E-state index in [0.29, 0.717) is 18.2 Å². The minimum atomic E-state index is 0.162. The Balaban J connectivity index is 1.29. The number of hydrogen-bond donors (Lipinski definition) is 0. The second kappa shape index (κ2) is 7.56. The highest BCUT2D eigenvalue weighted by Gasteiger charge is 2.22. The van der Waals surface area contributed by atoms with Gasteiger partial charge in [0.25, 0.3) is 0 Å². The molecule has 2 heterocycles. The molecule has 0 radical (unpaired) electrons. The van der Waals surface area contributed by atoms with Crippen LogP contribution < -0.4 is 9.47 Å². The number of benzene rings is 2.